The Kier molecular flexibility index (Phi) is 6.89. The first-order valence-electron chi connectivity index (χ1n) is 9.76. The molecule has 0 radical (unpaired) electrons. The Balaban J connectivity index is 1.92. The second-order valence-electron chi connectivity index (χ2n) is 7.13. The largest absolute Gasteiger partial charge is 0.497 e. The molecule has 0 unspecified atom stereocenters. The van der Waals surface area contributed by atoms with E-state index in [2.05, 4.69) is 29.5 Å². The average Bonchev–Trinajstić information content (AvgIpc) is 2.74. The van der Waals surface area contributed by atoms with Gasteiger partial charge in [0, 0.05) is 24.2 Å². The molecule has 0 bridgehead atoms. The monoisotopic (exact) mass is 392 g/mol. The number of methoxy groups -OCH3 is 2. The van der Waals surface area contributed by atoms with E-state index in [1.54, 1.807) is 14.2 Å². The molecule has 0 fully saturated rings. The predicted molar refractivity (Wildman–Crippen MR) is 118 cm³/mol. The second kappa shape index (κ2) is 9.78. The van der Waals surface area contributed by atoms with E-state index in [-0.39, 0.29) is 0 Å². The summed E-state index contributed by atoms with van der Waals surface area (Å²) in [7, 11) is 3.25. The number of ether oxygens (including phenoxy) is 2. The van der Waals surface area contributed by atoms with Crippen LogP contribution < -0.4 is 20.1 Å². The van der Waals surface area contributed by atoms with Gasteiger partial charge in [-0.05, 0) is 24.5 Å². The van der Waals surface area contributed by atoms with E-state index in [1.807, 2.05) is 54.6 Å². The lowest BCUT2D eigenvalue weighted by molar-refractivity contribution is 0.395. The number of aromatic nitrogens is 2. The number of nitrogens with zero attached hydrogens (tertiary/aromatic N) is 2. The van der Waals surface area contributed by atoms with Crippen LogP contribution >= 0.6 is 0 Å². The molecule has 0 aliphatic heterocycles. The maximum Gasteiger partial charge on any atom is 0.229 e. The van der Waals surface area contributed by atoms with Gasteiger partial charge in [0.1, 0.15) is 17.3 Å². The summed E-state index contributed by atoms with van der Waals surface area (Å²) in [6, 6.07) is 17.6. The maximum absolute atomic E-state index is 5.48. The van der Waals surface area contributed by atoms with Gasteiger partial charge in [0.15, 0.2) is 0 Å². The topological polar surface area (TPSA) is 68.3 Å². The number of hydrogen-bond donors (Lipinski definition) is 2. The van der Waals surface area contributed by atoms with Crippen LogP contribution in [0.3, 0.4) is 0 Å². The molecule has 0 atom stereocenters. The zero-order valence-electron chi connectivity index (χ0n) is 17.4. The third kappa shape index (κ3) is 5.60. The van der Waals surface area contributed by atoms with E-state index in [9.17, 15) is 0 Å². The van der Waals surface area contributed by atoms with Crippen LogP contribution in [-0.2, 0) is 0 Å². The lowest BCUT2D eigenvalue weighted by atomic mass is 10.1. The summed E-state index contributed by atoms with van der Waals surface area (Å²) in [6.45, 7) is 5.27. The van der Waals surface area contributed by atoms with Crippen molar-refractivity contribution in [2.45, 2.75) is 20.3 Å². The highest BCUT2D eigenvalue weighted by atomic mass is 16.5. The van der Waals surface area contributed by atoms with E-state index in [0.29, 0.717) is 17.6 Å². The minimum Gasteiger partial charge on any atom is -0.497 e. The smallest absolute Gasteiger partial charge is 0.229 e. The van der Waals surface area contributed by atoms with Gasteiger partial charge in [0.25, 0.3) is 0 Å². The Morgan fingerprint density at radius 1 is 0.931 bits per heavy atom. The second-order valence-corrected chi connectivity index (χ2v) is 7.13. The van der Waals surface area contributed by atoms with Gasteiger partial charge in [-0.15, -0.1) is 0 Å². The Hall–Kier alpha value is -3.28. The SMILES string of the molecule is COc1ccc(Nc2nc(NCCC(C)C)cc(-c3ccccc3)n2)c(OC)c1. The van der Waals surface area contributed by atoms with Gasteiger partial charge < -0.3 is 20.1 Å². The Morgan fingerprint density at radius 2 is 1.72 bits per heavy atom. The van der Waals surface area contributed by atoms with E-state index >= 15 is 0 Å². The molecule has 0 saturated heterocycles. The minimum absolute atomic E-state index is 0.502. The summed E-state index contributed by atoms with van der Waals surface area (Å²) in [4.78, 5) is 9.36. The average molecular weight is 393 g/mol. The highest BCUT2D eigenvalue weighted by molar-refractivity contribution is 5.69. The number of nitrogens with one attached hydrogen (secondary N) is 2. The Labute approximate surface area is 172 Å². The first-order valence-corrected chi connectivity index (χ1v) is 9.76. The molecule has 2 N–H and O–H groups in total. The molecule has 0 aliphatic carbocycles. The van der Waals surface area contributed by atoms with Gasteiger partial charge >= 0.3 is 0 Å². The summed E-state index contributed by atoms with van der Waals surface area (Å²) in [5, 5.41) is 6.70. The van der Waals surface area contributed by atoms with Gasteiger partial charge in [0.05, 0.1) is 25.6 Å². The molecular weight excluding hydrogens is 364 g/mol. The lowest BCUT2D eigenvalue weighted by Crippen LogP contribution is -2.08. The van der Waals surface area contributed by atoms with Crippen molar-refractivity contribution in [2.24, 2.45) is 5.92 Å². The van der Waals surface area contributed by atoms with Crippen molar-refractivity contribution in [3.05, 3.63) is 54.6 Å². The molecule has 29 heavy (non-hydrogen) atoms. The molecule has 1 heterocycles. The van der Waals surface area contributed by atoms with Crippen LogP contribution in [0, 0.1) is 5.92 Å². The fourth-order valence-electron chi connectivity index (χ4n) is 2.86. The molecule has 2 aromatic carbocycles. The number of anilines is 3. The molecular formula is C23H28N4O2. The molecule has 0 saturated carbocycles. The van der Waals surface area contributed by atoms with Gasteiger partial charge in [-0.3, -0.25) is 0 Å². The number of rotatable bonds is 9. The molecule has 152 valence electrons. The highest BCUT2D eigenvalue weighted by Gasteiger charge is 2.11. The van der Waals surface area contributed by atoms with E-state index < -0.39 is 0 Å². The van der Waals surface area contributed by atoms with Crippen molar-refractivity contribution in [1.82, 2.24) is 9.97 Å². The first kappa shape index (κ1) is 20.5. The van der Waals surface area contributed by atoms with Crippen molar-refractivity contribution in [3.8, 4) is 22.8 Å². The number of benzene rings is 2. The molecule has 0 amide bonds. The van der Waals surface area contributed by atoms with Crippen LogP contribution in [0.5, 0.6) is 11.5 Å². The fourth-order valence-corrected chi connectivity index (χ4v) is 2.86. The minimum atomic E-state index is 0.502. The van der Waals surface area contributed by atoms with Crippen molar-refractivity contribution in [1.29, 1.82) is 0 Å². The van der Waals surface area contributed by atoms with Crippen LogP contribution in [0.25, 0.3) is 11.3 Å². The molecule has 3 rings (SSSR count). The Morgan fingerprint density at radius 3 is 2.41 bits per heavy atom. The van der Waals surface area contributed by atoms with Gasteiger partial charge in [0.2, 0.25) is 5.95 Å². The van der Waals surface area contributed by atoms with Gasteiger partial charge in [-0.1, -0.05) is 44.2 Å². The van der Waals surface area contributed by atoms with E-state index in [0.717, 1.165) is 41.5 Å². The Bertz CT molecular complexity index is 929. The van der Waals surface area contributed by atoms with Gasteiger partial charge in [-0.2, -0.15) is 4.98 Å². The lowest BCUT2D eigenvalue weighted by Gasteiger charge is -2.14. The zero-order chi connectivity index (χ0) is 20.6. The summed E-state index contributed by atoms with van der Waals surface area (Å²) in [6.07, 6.45) is 1.07. The third-order valence-corrected chi connectivity index (χ3v) is 4.48. The summed E-state index contributed by atoms with van der Waals surface area (Å²) in [5.74, 6) is 3.30. The van der Waals surface area contributed by atoms with Crippen molar-refractivity contribution in [3.63, 3.8) is 0 Å². The molecule has 6 heteroatoms. The van der Waals surface area contributed by atoms with Crippen molar-refractivity contribution < 1.29 is 9.47 Å². The van der Waals surface area contributed by atoms with Crippen LogP contribution in [0.1, 0.15) is 20.3 Å². The van der Waals surface area contributed by atoms with Crippen molar-refractivity contribution >= 4 is 17.5 Å². The standard InChI is InChI=1S/C23H28N4O2/c1-16(2)12-13-24-22-15-20(17-8-6-5-7-9-17)26-23(27-22)25-19-11-10-18(28-3)14-21(19)29-4/h5-11,14-16H,12-13H2,1-4H3,(H2,24,25,26,27). The molecule has 1 aromatic heterocycles. The maximum atomic E-state index is 5.48. The predicted octanol–water partition coefficient (Wildman–Crippen LogP) is 5.36. The summed E-state index contributed by atoms with van der Waals surface area (Å²) < 4.78 is 10.8. The summed E-state index contributed by atoms with van der Waals surface area (Å²) >= 11 is 0. The molecule has 6 nitrogen and oxygen atoms in total. The molecule has 3 aromatic rings. The quantitative estimate of drug-likeness (QED) is 0.511. The van der Waals surface area contributed by atoms with Crippen LogP contribution in [0.2, 0.25) is 0 Å². The first-order chi connectivity index (χ1) is 14.1. The summed E-state index contributed by atoms with van der Waals surface area (Å²) in [5.41, 5.74) is 2.65. The number of hydrogen-bond acceptors (Lipinski definition) is 6. The normalized spacial score (nSPS) is 10.7. The fraction of sp³-hybridized carbons (Fsp3) is 0.304. The van der Waals surface area contributed by atoms with Crippen molar-refractivity contribution in [2.75, 3.05) is 31.4 Å². The highest BCUT2D eigenvalue weighted by Crippen LogP contribution is 2.31. The third-order valence-electron chi connectivity index (χ3n) is 4.48. The van der Waals surface area contributed by atoms with Crippen LogP contribution in [0.4, 0.5) is 17.5 Å². The van der Waals surface area contributed by atoms with Crippen LogP contribution in [-0.4, -0.2) is 30.7 Å². The molecule has 0 spiro atoms. The van der Waals surface area contributed by atoms with E-state index in [4.69, 9.17) is 14.5 Å². The van der Waals surface area contributed by atoms with Crippen LogP contribution in [0.15, 0.2) is 54.6 Å². The molecule has 0 aliphatic rings. The van der Waals surface area contributed by atoms with Gasteiger partial charge in [-0.25, -0.2) is 4.98 Å². The van der Waals surface area contributed by atoms with E-state index in [1.165, 1.54) is 0 Å². The zero-order valence-corrected chi connectivity index (χ0v) is 17.4.